The van der Waals surface area contributed by atoms with E-state index in [1.165, 1.54) is 0 Å². The second kappa shape index (κ2) is 25.8. The highest BCUT2D eigenvalue weighted by Crippen LogP contribution is 2.57. The fraction of sp³-hybridized carbons (Fsp3) is 0.167. The van der Waals surface area contributed by atoms with Crippen molar-refractivity contribution in [3.63, 3.8) is 0 Å². The van der Waals surface area contributed by atoms with Crippen LogP contribution in [0.25, 0.3) is 0 Å². The minimum absolute atomic E-state index is 0.212. The van der Waals surface area contributed by atoms with Crippen LogP contribution in [-0.4, -0.2) is 22.4 Å². The Bertz CT molecular complexity index is 3740. The van der Waals surface area contributed by atoms with Crippen LogP contribution < -0.4 is 37.9 Å². The zero-order valence-electron chi connectivity index (χ0n) is 45.5. The number of rotatable bonds is 21. The monoisotopic (exact) mass is 1160 g/mol. The average Bonchev–Trinajstić information content (AvgIpc) is 2.61. The van der Waals surface area contributed by atoms with Gasteiger partial charge in [0.05, 0.1) is 12.0 Å². The van der Waals surface area contributed by atoms with Crippen LogP contribution in [0.15, 0.2) is 247 Å². The largest absolute Gasteiger partial charge is 0.488 e. The molecular weight excluding hydrogens is 1100 g/mol. The maximum absolute atomic E-state index is 13.5. The molecule has 10 nitrogen and oxygen atoms in total. The third kappa shape index (κ3) is 12.9. The van der Waals surface area contributed by atoms with E-state index in [0.29, 0.717) is 92.5 Å². The standard InChI is InChI=1S/C72H61BrO10/c73-67-64(81-47-53-30-17-6-18-31-53)41-63(80-46-52-28-15-5-16-29-52)66-65(68(75)71(83-72(66)67)56-35-37-60(77-43-49-22-9-2-10-23-49)62(40-56)79-45-51-26-13-4-14-27-51)57-33-19-32-54-38-58(74)70(82-69(54)57)55-34-36-59(76-42-48-20-7-1-8-21-48)61(39-55)78-44-50-24-11-3-12-25-50/h1-37,39-41,58,65,68,70-71,74-75H,38,42-47H2/t58-,65-,68+,70+,71-/m1/s1. The first-order chi connectivity index (χ1) is 40.9. The fourth-order valence-electron chi connectivity index (χ4n) is 10.6. The molecule has 12 rings (SSSR count). The van der Waals surface area contributed by atoms with Gasteiger partial charge in [0.15, 0.2) is 29.1 Å². The fourth-order valence-corrected chi connectivity index (χ4v) is 11.2. The molecule has 0 unspecified atom stereocenters. The lowest BCUT2D eigenvalue weighted by molar-refractivity contribution is 0.00121. The van der Waals surface area contributed by atoms with E-state index in [2.05, 4.69) is 15.9 Å². The van der Waals surface area contributed by atoms with E-state index in [1.54, 1.807) is 0 Å². The normalized spacial score (nSPS) is 16.9. The molecule has 0 spiro atoms. The molecule has 0 fully saturated rings. The van der Waals surface area contributed by atoms with Crippen molar-refractivity contribution in [2.75, 3.05) is 0 Å². The van der Waals surface area contributed by atoms with Gasteiger partial charge in [0, 0.05) is 23.6 Å². The number of hydrogen-bond donors (Lipinski definition) is 2. The highest BCUT2D eigenvalue weighted by Gasteiger charge is 2.46. The first kappa shape index (κ1) is 54.6. The van der Waals surface area contributed by atoms with E-state index in [9.17, 15) is 10.2 Å². The summed E-state index contributed by atoms with van der Waals surface area (Å²) in [5.74, 6) is 3.11. The molecule has 0 aliphatic carbocycles. The maximum atomic E-state index is 13.5. The number of ether oxygens (including phenoxy) is 8. The van der Waals surface area contributed by atoms with Gasteiger partial charge in [-0.15, -0.1) is 0 Å². The van der Waals surface area contributed by atoms with E-state index < -0.39 is 30.3 Å². The summed E-state index contributed by atoms with van der Waals surface area (Å²) in [5.41, 5.74) is 9.25. The molecule has 11 heteroatoms. The Kier molecular flexibility index (Phi) is 17.0. The van der Waals surface area contributed by atoms with Crippen LogP contribution in [-0.2, 0) is 46.1 Å². The summed E-state index contributed by atoms with van der Waals surface area (Å²) in [4.78, 5) is 0. The van der Waals surface area contributed by atoms with Crippen molar-refractivity contribution in [2.45, 2.75) is 76.4 Å². The number of aliphatic hydroxyl groups excluding tert-OH is 2. The van der Waals surface area contributed by atoms with Crippen LogP contribution in [0.4, 0.5) is 0 Å². The highest BCUT2D eigenvalue weighted by atomic mass is 79.9. The number of hydrogen-bond acceptors (Lipinski definition) is 10. The topological polar surface area (TPSA) is 114 Å². The SMILES string of the molecule is O[C@H]1[C@H](c2cccc3c2O[C@@H](c2ccc(OCc4ccccc4)c(OCc4ccccc4)c2)[C@H](O)C3)c2c(OCc3ccccc3)cc(OCc3ccccc3)c(Br)c2O[C@@H]1c1ccc(OCc2ccccc2)c(OCc2ccccc2)c1. The van der Waals surface area contributed by atoms with Crippen molar-refractivity contribution >= 4 is 15.9 Å². The molecule has 416 valence electrons. The quantitative estimate of drug-likeness (QED) is 0.0721. The molecule has 10 aromatic rings. The second-order valence-electron chi connectivity index (χ2n) is 20.6. The van der Waals surface area contributed by atoms with Gasteiger partial charge in [0.25, 0.3) is 0 Å². The van der Waals surface area contributed by atoms with Gasteiger partial charge in [-0.05, 0) is 90.3 Å². The predicted molar refractivity (Wildman–Crippen MR) is 322 cm³/mol. The van der Waals surface area contributed by atoms with Crippen LogP contribution in [0, 0.1) is 0 Å². The number of fused-ring (bicyclic) bond motifs is 2. The smallest absolute Gasteiger partial charge is 0.162 e. The molecule has 0 aromatic heterocycles. The highest BCUT2D eigenvalue weighted by molar-refractivity contribution is 9.10. The second-order valence-corrected chi connectivity index (χ2v) is 21.4. The molecular formula is C72H61BrO10. The van der Waals surface area contributed by atoms with E-state index in [4.69, 9.17) is 37.9 Å². The summed E-state index contributed by atoms with van der Waals surface area (Å²) < 4.78 is 54.5. The molecule has 5 atom stereocenters. The van der Waals surface area contributed by atoms with Crippen molar-refractivity contribution in [3.8, 4) is 46.0 Å². The van der Waals surface area contributed by atoms with E-state index in [0.717, 1.165) is 38.9 Å². The third-order valence-electron chi connectivity index (χ3n) is 14.9. The zero-order valence-corrected chi connectivity index (χ0v) is 47.1. The third-order valence-corrected chi connectivity index (χ3v) is 15.6. The number of aliphatic hydroxyl groups is 2. The van der Waals surface area contributed by atoms with Gasteiger partial charge in [-0.25, -0.2) is 0 Å². The number of para-hydroxylation sites is 1. The number of benzene rings is 10. The average molecular weight is 1170 g/mol. The summed E-state index contributed by atoms with van der Waals surface area (Å²) in [5, 5.41) is 25.6. The minimum atomic E-state index is -1.26. The van der Waals surface area contributed by atoms with E-state index in [-0.39, 0.29) is 26.2 Å². The summed E-state index contributed by atoms with van der Waals surface area (Å²) in [6, 6.07) is 78.9. The van der Waals surface area contributed by atoms with Gasteiger partial charge in [0.1, 0.15) is 79.3 Å². The van der Waals surface area contributed by atoms with Gasteiger partial charge in [-0.2, -0.15) is 0 Å². The van der Waals surface area contributed by atoms with Crippen LogP contribution >= 0.6 is 15.9 Å². The molecule has 2 aliphatic heterocycles. The first-order valence-electron chi connectivity index (χ1n) is 27.8. The van der Waals surface area contributed by atoms with Crippen molar-refractivity contribution in [3.05, 3.63) is 308 Å². The van der Waals surface area contributed by atoms with Gasteiger partial charge >= 0.3 is 0 Å². The Hall–Kier alpha value is -9.00. The molecule has 10 aromatic carbocycles. The van der Waals surface area contributed by atoms with Gasteiger partial charge < -0.3 is 48.1 Å². The molecule has 0 amide bonds. The van der Waals surface area contributed by atoms with E-state index >= 15 is 0 Å². The molecule has 83 heavy (non-hydrogen) atoms. The molecule has 0 bridgehead atoms. The number of halogens is 1. The summed E-state index contributed by atoms with van der Waals surface area (Å²) in [6.45, 7) is 1.69. The lowest BCUT2D eigenvalue weighted by Gasteiger charge is -2.41. The Morgan fingerprint density at radius 1 is 0.361 bits per heavy atom. The van der Waals surface area contributed by atoms with E-state index in [1.807, 2.05) is 243 Å². The summed E-state index contributed by atoms with van der Waals surface area (Å²) >= 11 is 3.98. The molecule has 2 aliphatic rings. The summed E-state index contributed by atoms with van der Waals surface area (Å²) in [6.07, 6.45) is -3.79. The Morgan fingerprint density at radius 3 is 1.17 bits per heavy atom. The Labute approximate surface area is 492 Å². The van der Waals surface area contributed by atoms with Crippen LogP contribution in [0.1, 0.15) is 79.3 Å². The lowest BCUT2D eigenvalue weighted by atomic mass is 9.78. The van der Waals surface area contributed by atoms with Gasteiger partial charge in [-0.3, -0.25) is 0 Å². The van der Waals surface area contributed by atoms with Crippen LogP contribution in [0.5, 0.6) is 46.0 Å². The molecule has 0 saturated heterocycles. The van der Waals surface area contributed by atoms with Crippen LogP contribution in [0.3, 0.4) is 0 Å². The molecule has 0 radical (unpaired) electrons. The predicted octanol–water partition coefficient (Wildman–Crippen LogP) is 15.6. The van der Waals surface area contributed by atoms with Crippen molar-refractivity contribution in [2.24, 2.45) is 0 Å². The Morgan fingerprint density at radius 2 is 0.735 bits per heavy atom. The van der Waals surface area contributed by atoms with Crippen LogP contribution in [0.2, 0.25) is 0 Å². The van der Waals surface area contributed by atoms with Crippen molar-refractivity contribution < 1.29 is 48.1 Å². The molecule has 2 heterocycles. The van der Waals surface area contributed by atoms with Gasteiger partial charge in [-0.1, -0.05) is 212 Å². The lowest BCUT2D eigenvalue weighted by Crippen LogP contribution is -2.37. The zero-order chi connectivity index (χ0) is 56.3. The Balaban J connectivity index is 0.959. The molecule has 0 saturated carbocycles. The van der Waals surface area contributed by atoms with Crippen molar-refractivity contribution in [1.82, 2.24) is 0 Å². The van der Waals surface area contributed by atoms with Gasteiger partial charge in [0.2, 0.25) is 0 Å². The minimum Gasteiger partial charge on any atom is -0.488 e. The molecule has 2 N–H and O–H groups in total. The first-order valence-corrected chi connectivity index (χ1v) is 28.6. The maximum Gasteiger partial charge on any atom is 0.162 e. The van der Waals surface area contributed by atoms with Crippen molar-refractivity contribution in [1.29, 1.82) is 0 Å². The summed E-state index contributed by atoms with van der Waals surface area (Å²) in [7, 11) is 0.